The van der Waals surface area contributed by atoms with Crippen LogP contribution in [0.2, 0.25) is 0 Å². The van der Waals surface area contributed by atoms with Gasteiger partial charge >= 0.3 is 0 Å². The number of aromatic nitrogens is 1. The fourth-order valence-electron chi connectivity index (χ4n) is 2.96. The zero-order valence-electron chi connectivity index (χ0n) is 12.5. The van der Waals surface area contributed by atoms with Crippen LogP contribution in [0, 0.1) is 0 Å². The number of nitrogens with one attached hydrogen (secondary N) is 1. The van der Waals surface area contributed by atoms with Crippen molar-refractivity contribution in [1.29, 1.82) is 0 Å². The molecule has 2 heterocycles. The Labute approximate surface area is 125 Å². The van der Waals surface area contributed by atoms with Gasteiger partial charge in [-0.05, 0) is 43.5 Å². The number of ether oxygens (including phenoxy) is 1. The number of hydrogen-bond donors (Lipinski definition) is 2. The third kappa shape index (κ3) is 3.23. The summed E-state index contributed by atoms with van der Waals surface area (Å²) in [5.74, 6) is 0. The summed E-state index contributed by atoms with van der Waals surface area (Å²) in [6.07, 6.45) is 4.07. The van der Waals surface area contributed by atoms with Crippen LogP contribution in [-0.4, -0.2) is 30.3 Å². The van der Waals surface area contributed by atoms with Crippen LogP contribution in [0.1, 0.15) is 31.4 Å². The highest BCUT2D eigenvalue weighted by Crippen LogP contribution is 2.25. The second-order valence-electron chi connectivity index (χ2n) is 6.03. The maximum Gasteiger partial charge on any atom is 0.0779 e. The molecule has 0 aliphatic carbocycles. The lowest BCUT2D eigenvalue weighted by atomic mass is 10.00. The van der Waals surface area contributed by atoms with Crippen molar-refractivity contribution in [3.8, 4) is 0 Å². The molecule has 1 aliphatic rings. The van der Waals surface area contributed by atoms with Crippen LogP contribution < -0.4 is 11.1 Å². The van der Waals surface area contributed by atoms with E-state index >= 15 is 0 Å². The van der Waals surface area contributed by atoms with Crippen LogP contribution in [0.15, 0.2) is 36.5 Å². The first-order valence-electron chi connectivity index (χ1n) is 7.62. The van der Waals surface area contributed by atoms with E-state index in [0.717, 1.165) is 36.9 Å². The minimum Gasteiger partial charge on any atom is -0.374 e. The zero-order valence-corrected chi connectivity index (χ0v) is 12.5. The molecule has 3 rings (SSSR count). The molecule has 112 valence electrons. The van der Waals surface area contributed by atoms with Gasteiger partial charge in [-0.15, -0.1) is 0 Å². The Bertz CT molecular complexity index is 608. The number of fused-ring (bicyclic) bond motifs is 1. The molecule has 1 aliphatic heterocycles. The van der Waals surface area contributed by atoms with Crippen molar-refractivity contribution >= 4 is 10.9 Å². The highest BCUT2D eigenvalue weighted by atomic mass is 16.5. The molecule has 2 unspecified atom stereocenters. The van der Waals surface area contributed by atoms with Crippen LogP contribution >= 0.6 is 0 Å². The van der Waals surface area contributed by atoms with E-state index < -0.39 is 0 Å². The first-order chi connectivity index (χ1) is 10.2. The van der Waals surface area contributed by atoms with E-state index in [2.05, 4.69) is 41.5 Å². The molecule has 21 heavy (non-hydrogen) atoms. The van der Waals surface area contributed by atoms with Gasteiger partial charge < -0.3 is 15.8 Å². The van der Waals surface area contributed by atoms with E-state index in [1.54, 1.807) is 0 Å². The normalized spacial score (nSPS) is 23.5. The SMILES string of the molecule is CC1(CNC(CN)c2ccc3ncccc3c2)CCCO1. The van der Waals surface area contributed by atoms with E-state index in [4.69, 9.17) is 10.5 Å². The van der Waals surface area contributed by atoms with Gasteiger partial charge in [0.1, 0.15) is 0 Å². The van der Waals surface area contributed by atoms with Gasteiger partial charge in [-0.3, -0.25) is 4.98 Å². The van der Waals surface area contributed by atoms with Crippen molar-refractivity contribution in [3.05, 3.63) is 42.1 Å². The van der Waals surface area contributed by atoms with Crippen LogP contribution in [-0.2, 0) is 4.74 Å². The molecule has 3 N–H and O–H groups in total. The number of rotatable bonds is 5. The average molecular weight is 285 g/mol. The quantitative estimate of drug-likeness (QED) is 0.885. The first kappa shape index (κ1) is 14.4. The summed E-state index contributed by atoms with van der Waals surface area (Å²) in [6.45, 7) is 4.44. The number of pyridine rings is 1. The van der Waals surface area contributed by atoms with Crippen molar-refractivity contribution in [1.82, 2.24) is 10.3 Å². The Kier molecular flexibility index (Phi) is 4.19. The number of nitrogens with zero attached hydrogens (tertiary/aromatic N) is 1. The van der Waals surface area contributed by atoms with Crippen LogP contribution in [0.25, 0.3) is 10.9 Å². The average Bonchev–Trinajstić information content (AvgIpc) is 2.95. The molecule has 0 amide bonds. The Morgan fingerprint density at radius 2 is 2.33 bits per heavy atom. The second-order valence-corrected chi connectivity index (χ2v) is 6.03. The van der Waals surface area contributed by atoms with Crippen LogP contribution in [0.3, 0.4) is 0 Å². The molecular formula is C17H23N3O. The van der Waals surface area contributed by atoms with Crippen LogP contribution in [0.5, 0.6) is 0 Å². The zero-order chi connectivity index (χ0) is 14.7. The predicted molar refractivity (Wildman–Crippen MR) is 85.1 cm³/mol. The molecule has 1 aromatic heterocycles. The van der Waals surface area contributed by atoms with Gasteiger partial charge in [0.2, 0.25) is 0 Å². The number of nitrogens with two attached hydrogens (primary N) is 1. The first-order valence-corrected chi connectivity index (χ1v) is 7.62. The highest BCUT2D eigenvalue weighted by molar-refractivity contribution is 5.79. The van der Waals surface area contributed by atoms with E-state index in [9.17, 15) is 0 Å². The lowest BCUT2D eigenvalue weighted by Gasteiger charge is -2.27. The molecule has 0 bridgehead atoms. The molecule has 1 aromatic carbocycles. The summed E-state index contributed by atoms with van der Waals surface area (Å²) in [7, 11) is 0. The molecule has 1 fully saturated rings. The fourth-order valence-corrected chi connectivity index (χ4v) is 2.96. The maximum atomic E-state index is 5.96. The summed E-state index contributed by atoms with van der Waals surface area (Å²) in [5.41, 5.74) is 8.13. The Balaban J connectivity index is 1.74. The number of benzene rings is 1. The van der Waals surface area contributed by atoms with E-state index in [1.165, 1.54) is 5.56 Å². The summed E-state index contributed by atoms with van der Waals surface area (Å²) in [5, 5.41) is 4.71. The minimum atomic E-state index is -0.0498. The Morgan fingerprint density at radius 3 is 3.10 bits per heavy atom. The summed E-state index contributed by atoms with van der Waals surface area (Å²) < 4.78 is 5.83. The van der Waals surface area contributed by atoms with Crippen molar-refractivity contribution in [2.24, 2.45) is 5.73 Å². The third-order valence-electron chi connectivity index (χ3n) is 4.29. The van der Waals surface area contributed by atoms with Gasteiger partial charge in [0, 0.05) is 37.3 Å². The van der Waals surface area contributed by atoms with Crippen molar-refractivity contribution in [2.75, 3.05) is 19.7 Å². The molecule has 0 radical (unpaired) electrons. The smallest absolute Gasteiger partial charge is 0.0779 e. The van der Waals surface area contributed by atoms with Gasteiger partial charge in [0.25, 0.3) is 0 Å². The molecule has 0 saturated carbocycles. The van der Waals surface area contributed by atoms with E-state index in [1.807, 2.05) is 12.3 Å². The monoisotopic (exact) mass is 285 g/mol. The molecule has 4 heteroatoms. The van der Waals surface area contributed by atoms with Crippen molar-refractivity contribution in [2.45, 2.75) is 31.4 Å². The molecule has 4 nitrogen and oxygen atoms in total. The largest absolute Gasteiger partial charge is 0.374 e. The predicted octanol–water partition coefficient (Wildman–Crippen LogP) is 2.39. The van der Waals surface area contributed by atoms with Gasteiger partial charge in [-0.2, -0.15) is 0 Å². The van der Waals surface area contributed by atoms with Gasteiger partial charge in [-0.25, -0.2) is 0 Å². The van der Waals surface area contributed by atoms with Crippen molar-refractivity contribution < 1.29 is 4.74 Å². The minimum absolute atomic E-state index is 0.0498. The van der Waals surface area contributed by atoms with Gasteiger partial charge in [0.15, 0.2) is 0 Å². The Hall–Kier alpha value is -1.49. The highest BCUT2D eigenvalue weighted by Gasteiger charge is 2.30. The Morgan fingerprint density at radius 1 is 1.43 bits per heavy atom. The lowest BCUT2D eigenvalue weighted by molar-refractivity contribution is 0.0189. The molecular weight excluding hydrogens is 262 g/mol. The van der Waals surface area contributed by atoms with Gasteiger partial charge in [-0.1, -0.05) is 12.1 Å². The van der Waals surface area contributed by atoms with E-state index in [-0.39, 0.29) is 11.6 Å². The van der Waals surface area contributed by atoms with Crippen molar-refractivity contribution in [3.63, 3.8) is 0 Å². The topological polar surface area (TPSA) is 60.2 Å². The number of hydrogen-bond acceptors (Lipinski definition) is 4. The standard InChI is InChI=1S/C17H23N3O/c1-17(7-3-9-21-17)12-20-16(11-18)14-5-6-15-13(10-14)4-2-8-19-15/h2,4-6,8,10,16,20H,3,7,9,11-12,18H2,1H3. The fraction of sp³-hybridized carbons (Fsp3) is 0.471. The molecule has 2 aromatic rings. The summed E-state index contributed by atoms with van der Waals surface area (Å²) >= 11 is 0. The molecule has 1 saturated heterocycles. The maximum absolute atomic E-state index is 5.96. The molecule has 0 spiro atoms. The second kappa shape index (κ2) is 6.10. The lowest BCUT2D eigenvalue weighted by Crippen LogP contribution is -2.40. The van der Waals surface area contributed by atoms with Crippen LogP contribution in [0.4, 0.5) is 0 Å². The molecule has 2 atom stereocenters. The van der Waals surface area contributed by atoms with E-state index in [0.29, 0.717) is 6.54 Å². The third-order valence-corrected chi connectivity index (χ3v) is 4.29. The summed E-state index contributed by atoms with van der Waals surface area (Å²) in [4.78, 5) is 4.36. The summed E-state index contributed by atoms with van der Waals surface area (Å²) in [6, 6.07) is 10.5. The van der Waals surface area contributed by atoms with Gasteiger partial charge in [0.05, 0.1) is 11.1 Å².